The van der Waals surface area contributed by atoms with E-state index >= 15 is 0 Å². The first-order chi connectivity index (χ1) is 4.34. The second-order valence-corrected chi connectivity index (χ2v) is 3.48. The van der Waals surface area contributed by atoms with Crippen molar-refractivity contribution in [1.82, 2.24) is 4.90 Å². The molecule has 2 nitrogen and oxygen atoms in total. The Morgan fingerprint density at radius 2 is 2.44 bits per heavy atom. The minimum Gasteiger partial charge on any atom is -0.343 e. The van der Waals surface area contributed by atoms with Crippen LogP contribution in [0.15, 0.2) is 0 Å². The number of amides is 1. The largest absolute Gasteiger partial charge is 0.343 e. The molecule has 0 spiro atoms. The average molecular weight is 143 g/mol. The van der Waals surface area contributed by atoms with Crippen molar-refractivity contribution in [2.24, 2.45) is 0 Å². The Hall–Kier alpha value is -0.313. The maximum atomic E-state index is 10.9. The third kappa shape index (κ3) is 1.54. The molecule has 0 N–H and O–H groups in total. The normalized spacial score (nSPS) is 19.6. The molecule has 0 aromatic heterocycles. The summed E-state index contributed by atoms with van der Waals surface area (Å²) in [5, 5.41) is 0. The van der Waals surface area contributed by atoms with Gasteiger partial charge in [0.05, 0.1) is 0 Å². The Morgan fingerprint density at radius 3 is 2.89 bits per heavy atom. The van der Waals surface area contributed by atoms with Gasteiger partial charge < -0.3 is 4.90 Å². The molecule has 1 fully saturated rings. The van der Waals surface area contributed by atoms with Crippen LogP contribution >= 0.6 is 0 Å². The number of hydrogen-bond acceptors (Lipinski definition) is 1. The molecule has 0 atom stereocenters. The van der Waals surface area contributed by atoms with E-state index < -0.39 is 0 Å². The molecule has 1 aliphatic rings. The van der Waals surface area contributed by atoms with Gasteiger partial charge in [0, 0.05) is 29.8 Å². The number of likely N-dealkylation sites (tertiary alicyclic amines) is 1. The molecule has 0 radical (unpaired) electrons. The second-order valence-electron chi connectivity index (χ2n) is 2.48. The number of carbonyl (C=O) groups is 1. The monoisotopic (exact) mass is 143 g/mol. The first kappa shape index (κ1) is 6.80. The highest BCUT2D eigenvalue weighted by molar-refractivity contribution is 6.08. The lowest BCUT2D eigenvalue weighted by atomic mass is 10.4. The van der Waals surface area contributed by atoms with Crippen LogP contribution in [-0.2, 0) is 4.79 Å². The topological polar surface area (TPSA) is 20.3 Å². The van der Waals surface area contributed by atoms with Crippen LogP contribution in [0.2, 0.25) is 6.04 Å². The molecule has 0 aromatic carbocycles. The maximum Gasteiger partial charge on any atom is 0.222 e. The van der Waals surface area contributed by atoms with Gasteiger partial charge in [0.2, 0.25) is 5.91 Å². The summed E-state index contributed by atoms with van der Waals surface area (Å²) in [5.74, 6) is 0.367. The Kier molecular flexibility index (Phi) is 2.27. The molecule has 9 heavy (non-hydrogen) atoms. The molecule has 0 aromatic rings. The van der Waals surface area contributed by atoms with Gasteiger partial charge in [-0.2, -0.15) is 0 Å². The van der Waals surface area contributed by atoms with E-state index in [4.69, 9.17) is 0 Å². The third-order valence-corrected chi connectivity index (χ3v) is 2.11. The summed E-state index contributed by atoms with van der Waals surface area (Å²) in [6, 6.07) is 1.23. The average Bonchev–Trinajstić information content (AvgIpc) is 2.18. The lowest BCUT2D eigenvalue weighted by Crippen LogP contribution is -2.25. The first-order valence-electron chi connectivity index (χ1n) is 3.62. The van der Waals surface area contributed by atoms with Gasteiger partial charge in [-0.3, -0.25) is 4.79 Å². The van der Waals surface area contributed by atoms with Crippen molar-refractivity contribution in [1.29, 1.82) is 0 Å². The lowest BCUT2D eigenvalue weighted by Gasteiger charge is -2.12. The molecule has 1 saturated heterocycles. The van der Waals surface area contributed by atoms with Crippen molar-refractivity contribution in [2.75, 3.05) is 13.1 Å². The number of carbonyl (C=O) groups excluding carboxylic acids is 1. The van der Waals surface area contributed by atoms with E-state index in [1.54, 1.807) is 0 Å². The lowest BCUT2D eigenvalue weighted by molar-refractivity contribution is -0.127. The highest BCUT2D eigenvalue weighted by Gasteiger charge is 2.17. The molecule has 1 rings (SSSR count). The van der Waals surface area contributed by atoms with Gasteiger partial charge in [-0.25, -0.2) is 0 Å². The van der Waals surface area contributed by atoms with Crippen LogP contribution in [0, 0.1) is 0 Å². The summed E-state index contributed by atoms with van der Waals surface area (Å²) in [7, 11) is 1.22. The Morgan fingerprint density at radius 1 is 1.67 bits per heavy atom. The van der Waals surface area contributed by atoms with Gasteiger partial charge in [0.25, 0.3) is 0 Å². The fourth-order valence-corrected chi connectivity index (χ4v) is 1.75. The van der Waals surface area contributed by atoms with Crippen LogP contribution in [0.5, 0.6) is 0 Å². The highest BCUT2D eigenvalue weighted by atomic mass is 28.1. The van der Waals surface area contributed by atoms with Crippen molar-refractivity contribution in [3.63, 3.8) is 0 Å². The van der Waals surface area contributed by atoms with E-state index in [-0.39, 0.29) is 0 Å². The fraction of sp³-hybridized carbons (Fsp3) is 0.833. The zero-order valence-corrected chi connectivity index (χ0v) is 7.89. The van der Waals surface area contributed by atoms with Crippen molar-refractivity contribution in [2.45, 2.75) is 18.9 Å². The van der Waals surface area contributed by atoms with Crippen LogP contribution in [0.3, 0.4) is 0 Å². The van der Waals surface area contributed by atoms with E-state index in [1.165, 1.54) is 16.3 Å². The van der Waals surface area contributed by atoms with Gasteiger partial charge in [-0.1, -0.05) is 0 Å². The molecule has 1 amide bonds. The van der Waals surface area contributed by atoms with Crippen molar-refractivity contribution in [3.8, 4) is 0 Å². The molecule has 0 unspecified atom stereocenters. The summed E-state index contributed by atoms with van der Waals surface area (Å²) in [5.41, 5.74) is 0. The fourth-order valence-electron chi connectivity index (χ4n) is 1.21. The van der Waals surface area contributed by atoms with E-state index in [0.717, 1.165) is 25.9 Å². The summed E-state index contributed by atoms with van der Waals surface area (Å²) < 4.78 is 0. The molecule has 0 saturated carbocycles. The second kappa shape index (κ2) is 3.01. The Labute approximate surface area is 58.7 Å². The standard InChI is InChI=1S/C6H13NOSi/c8-6-2-1-3-7(6)4-5-9/h1-5H2,9H3. The van der Waals surface area contributed by atoms with Crippen LogP contribution in [-0.4, -0.2) is 34.1 Å². The molecule has 1 heterocycles. The van der Waals surface area contributed by atoms with Crippen LogP contribution in [0.4, 0.5) is 0 Å². The number of hydrogen-bond donors (Lipinski definition) is 0. The number of nitrogens with zero attached hydrogens (tertiary/aromatic N) is 1. The summed E-state index contributed by atoms with van der Waals surface area (Å²) in [4.78, 5) is 12.9. The predicted octanol–water partition coefficient (Wildman–Crippen LogP) is -0.607. The molecule has 0 aliphatic carbocycles. The van der Waals surface area contributed by atoms with Crippen LogP contribution in [0.1, 0.15) is 12.8 Å². The molecule has 3 heteroatoms. The quantitative estimate of drug-likeness (QED) is 0.472. The first-order valence-corrected chi connectivity index (χ1v) is 5.04. The number of rotatable bonds is 2. The summed E-state index contributed by atoms with van der Waals surface area (Å²) in [6.45, 7) is 2.03. The van der Waals surface area contributed by atoms with E-state index in [2.05, 4.69) is 0 Å². The molecular formula is C6H13NOSi. The van der Waals surface area contributed by atoms with Gasteiger partial charge in [0.15, 0.2) is 0 Å². The molecule has 52 valence electrons. The summed E-state index contributed by atoms with van der Waals surface area (Å²) >= 11 is 0. The Balaban J connectivity index is 2.31. The maximum absolute atomic E-state index is 10.9. The van der Waals surface area contributed by atoms with E-state index in [9.17, 15) is 4.79 Å². The van der Waals surface area contributed by atoms with Crippen LogP contribution in [0.25, 0.3) is 0 Å². The van der Waals surface area contributed by atoms with Crippen molar-refractivity contribution >= 4 is 16.1 Å². The highest BCUT2D eigenvalue weighted by Crippen LogP contribution is 2.08. The zero-order valence-electron chi connectivity index (χ0n) is 5.89. The minimum absolute atomic E-state index is 0.367. The Bertz CT molecular complexity index is 116. The van der Waals surface area contributed by atoms with Gasteiger partial charge in [-0.05, 0) is 12.5 Å². The predicted molar refractivity (Wildman–Crippen MR) is 40.6 cm³/mol. The van der Waals surface area contributed by atoms with Crippen molar-refractivity contribution in [3.05, 3.63) is 0 Å². The van der Waals surface area contributed by atoms with Gasteiger partial charge >= 0.3 is 0 Å². The van der Waals surface area contributed by atoms with Crippen molar-refractivity contribution < 1.29 is 4.79 Å². The summed E-state index contributed by atoms with van der Waals surface area (Å²) in [6.07, 6.45) is 1.88. The van der Waals surface area contributed by atoms with E-state index in [1.807, 2.05) is 4.90 Å². The molecule has 0 bridgehead atoms. The van der Waals surface area contributed by atoms with Crippen LogP contribution < -0.4 is 0 Å². The molecule has 1 aliphatic heterocycles. The van der Waals surface area contributed by atoms with E-state index in [0.29, 0.717) is 5.91 Å². The minimum atomic E-state index is 0.367. The molecular weight excluding hydrogens is 130 g/mol. The SMILES string of the molecule is O=C1CCCN1CC[SiH3]. The zero-order chi connectivity index (χ0) is 6.69. The third-order valence-electron chi connectivity index (χ3n) is 1.66. The van der Waals surface area contributed by atoms with Gasteiger partial charge in [0.1, 0.15) is 0 Å². The van der Waals surface area contributed by atoms with Gasteiger partial charge in [-0.15, -0.1) is 0 Å². The smallest absolute Gasteiger partial charge is 0.222 e.